The summed E-state index contributed by atoms with van der Waals surface area (Å²) < 4.78 is 0. The van der Waals surface area contributed by atoms with Crippen molar-refractivity contribution in [3.63, 3.8) is 0 Å². The van der Waals surface area contributed by atoms with Gasteiger partial charge in [0.15, 0.2) is 0 Å². The third-order valence-corrected chi connectivity index (χ3v) is 5.13. The zero-order chi connectivity index (χ0) is 7.45. The van der Waals surface area contributed by atoms with Gasteiger partial charge in [-0.1, -0.05) is 12.2 Å². The van der Waals surface area contributed by atoms with Crippen molar-refractivity contribution in [1.29, 1.82) is 0 Å². The van der Waals surface area contributed by atoms with Gasteiger partial charge in [0.05, 0.1) is 12.1 Å². The molecular formula is C10H10N2. The van der Waals surface area contributed by atoms with Crippen molar-refractivity contribution in [3.8, 4) is 0 Å². The van der Waals surface area contributed by atoms with Crippen LogP contribution < -0.4 is 0 Å². The molecule has 2 unspecified atom stereocenters. The van der Waals surface area contributed by atoms with E-state index in [1.165, 1.54) is 0 Å². The van der Waals surface area contributed by atoms with E-state index in [1.54, 1.807) is 0 Å². The van der Waals surface area contributed by atoms with Crippen LogP contribution in [0.1, 0.15) is 0 Å². The van der Waals surface area contributed by atoms with Crippen molar-refractivity contribution in [2.75, 3.05) is 0 Å². The summed E-state index contributed by atoms with van der Waals surface area (Å²) in [6.45, 7) is 0. The SMILES string of the molecule is C1=C[C@H]2C3C4[C@H]5N=N[C@@H]4[C@H]2[C@H]5[C@@H]13. The lowest BCUT2D eigenvalue weighted by Crippen LogP contribution is -2.27. The third kappa shape index (κ3) is 0.267. The van der Waals surface area contributed by atoms with E-state index in [0.29, 0.717) is 12.1 Å². The summed E-state index contributed by atoms with van der Waals surface area (Å²) in [5, 5.41) is 8.84. The molecule has 0 saturated heterocycles. The molecule has 0 radical (unpaired) electrons. The minimum absolute atomic E-state index is 0.663. The molecule has 0 amide bonds. The third-order valence-electron chi connectivity index (χ3n) is 5.13. The van der Waals surface area contributed by atoms with Crippen LogP contribution in [0.15, 0.2) is 22.4 Å². The predicted octanol–water partition coefficient (Wildman–Crippen LogP) is 1.50. The van der Waals surface area contributed by atoms with Crippen LogP contribution >= 0.6 is 0 Å². The van der Waals surface area contributed by atoms with Crippen LogP contribution in [-0.2, 0) is 0 Å². The summed E-state index contributed by atoms with van der Waals surface area (Å²) in [5.41, 5.74) is 0. The fraction of sp³-hybridized carbons (Fsp3) is 0.800. The molecule has 0 aromatic rings. The molecule has 6 aliphatic rings. The lowest BCUT2D eigenvalue weighted by molar-refractivity contribution is 0.289. The maximum absolute atomic E-state index is 4.42. The largest absolute Gasteiger partial charge is 0.190 e. The first-order chi connectivity index (χ1) is 5.97. The quantitative estimate of drug-likeness (QED) is 0.477. The molecule has 0 N–H and O–H groups in total. The molecular weight excluding hydrogens is 148 g/mol. The van der Waals surface area contributed by atoms with Crippen LogP contribution in [-0.4, -0.2) is 12.1 Å². The van der Waals surface area contributed by atoms with Gasteiger partial charge < -0.3 is 0 Å². The molecule has 8 bridgehead atoms. The molecule has 0 aromatic heterocycles. The Morgan fingerprint density at radius 1 is 0.667 bits per heavy atom. The van der Waals surface area contributed by atoms with Crippen LogP contribution in [0.5, 0.6) is 0 Å². The molecule has 0 spiro atoms. The Bertz CT molecular complexity index is 284. The van der Waals surface area contributed by atoms with Crippen molar-refractivity contribution in [3.05, 3.63) is 12.2 Å². The molecule has 4 fully saturated rings. The van der Waals surface area contributed by atoms with Crippen molar-refractivity contribution in [2.45, 2.75) is 12.1 Å². The summed E-state index contributed by atoms with van der Waals surface area (Å²) in [5.74, 6) is 5.56. The van der Waals surface area contributed by atoms with Gasteiger partial charge in [-0.15, -0.1) is 0 Å². The van der Waals surface area contributed by atoms with Gasteiger partial charge in [0.1, 0.15) is 0 Å². The second kappa shape index (κ2) is 1.21. The molecule has 2 nitrogen and oxygen atoms in total. The average molecular weight is 158 g/mol. The Labute approximate surface area is 70.8 Å². The molecule has 2 heteroatoms. The van der Waals surface area contributed by atoms with E-state index in [-0.39, 0.29) is 0 Å². The highest BCUT2D eigenvalue weighted by molar-refractivity contribution is 5.35. The van der Waals surface area contributed by atoms with Crippen LogP contribution in [0.25, 0.3) is 0 Å². The highest BCUT2D eigenvalue weighted by Crippen LogP contribution is 2.75. The molecule has 1 heterocycles. The molecule has 1 aliphatic heterocycles. The van der Waals surface area contributed by atoms with Crippen LogP contribution in [0.3, 0.4) is 0 Å². The Hall–Kier alpha value is -0.660. The first-order valence-electron chi connectivity index (χ1n) is 5.05. The smallest absolute Gasteiger partial charge is 0.0798 e. The summed E-state index contributed by atoms with van der Waals surface area (Å²) in [7, 11) is 0. The molecule has 0 aromatic carbocycles. The predicted molar refractivity (Wildman–Crippen MR) is 42.5 cm³/mol. The zero-order valence-electron chi connectivity index (χ0n) is 6.67. The molecule has 12 heavy (non-hydrogen) atoms. The summed E-state index contributed by atoms with van der Waals surface area (Å²) in [6, 6.07) is 1.33. The van der Waals surface area contributed by atoms with Crippen molar-refractivity contribution in [2.24, 2.45) is 45.7 Å². The lowest BCUT2D eigenvalue weighted by Gasteiger charge is -2.26. The summed E-state index contributed by atoms with van der Waals surface area (Å²) >= 11 is 0. The van der Waals surface area contributed by atoms with Crippen LogP contribution in [0.4, 0.5) is 0 Å². The van der Waals surface area contributed by atoms with Gasteiger partial charge in [0.25, 0.3) is 0 Å². The Morgan fingerprint density at radius 3 is 1.83 bits per heavy atom. The van der Waals surface area contributed by atoms with Gasteiger partial charge in [-0.3, -0.25) is 0 Å². The standard InChI is InChI=1S/C10H10N2/c1-2-4-5-3(1)6-7(4)10-8(5)9(6)11-12-10/h1-10H/t3-,4-,5?,6+,7+,8?,9-,10+/m0/s1. The highest BCUT2D eigenvalue weighted by Gasteiger charge is 2.77. The normalized spacial score (nSPS) is 77.3. The Balaban J connectivity index is 1.89. The van der Waals surface area contributed by atoms with Gasteiger partial charge in [0, 0.05) is 5.92 Å². The van der Waals surface area contributed by atoms with Crippen LogP contribution in [0.2, 0.25) is 0 Å². The molecule has 4 saturated carbocycles. The number of hydrogen-bond acceptors (Lipinski definition) is 2. The van der Waals surface area contributed by atoms with Gasteiger partial charge in [0.2, 0.25) is 0 Å². The number of azo groups is 1. The van der Waals surface area contributed by atoms with Crippen molar-refractivity contribution in [1.82, 2.24) is 0 Å². The van der Waals surface area contributed by atoms with Crippen LogP contribution in [0, 0.1) is 35.5 Å². The topological polar surface area (TPSA) is 24.7 Å². The Morgan fingerprint density at radius 2 is 1.25 bits per heavy atom. The minimum atomic E-state index is 0.663. The fourth-order valence-corrected chi connectivity index (χ4v) is 5.11. The van der Waals surface area contributed by atoms with E-state index in [4.69, 9.17) is 0 Å². The van der Waals surface area contributed by atoms with Crippen molar-refractivity contribution < 1.29 is 0 Å². The lowest BCUT2D eigenvalue weighted by atomic mass is 9.82. The maximum Gasteiger partial charge on any atom is 0.0798 e. The van der Waals surface area contributed by atoms with E-state index in [2.05, 4.69) is 22.4 Å². The summed E-state index contributed by atoms with van der Waals surface area (Å²) in [4.78, 5) is 0. The number of nitrogens with zero attached hydrogens (tertiary/aromatic N) is 2. The fourth-order valence-electron chi connectivity index (χ4n) is 5.11. The van der Waals surface area contributed by atoms with E-state index in [9.17, 15) is 0 Å². The number of rotatable bonds is 0. The van der Waals surface area contributed by atoms with Crippen molar-refractivity contribution >= 4 is 0 Å². The zero-order valence-corrected chi connectivity index (χ0v) is 6.67. The number of allylic oxidation sites excluding steroid dienone is 2. The van der Waals surface area contributed by atoms with Gasteiger partial charge >= 0.3 is 0 Å². The van der Waals surface area contributed by atoms with Gasteiger partial charge in [-0.05, 0) is 29.6 Å². The molecule has 6 rings (SSSR count). The Kier molecular flexibility index (Phi) is 0.518. The maximum atomic E-state index is 4.42. The first-order valence-corrected chi connectivity index (χ1v) is 5.05. The van der Waals surface area contributed by atoms with E-state index in [0.717, 1.165) is 35.5 Å². The van der Waals surface area contributed by atoms with E-state index < -0.39 is 0 Å². The number of hydrogen-bond donors (Lipinski definition) is 0. The molecule has 5 aliphatic carbocycles. The summed E-state index contributed by atoms with van der Waals surface area (Å²) in [6.07, 6.45) is 4.95. The second-order valence-electron chi connectivity index (χ2n) is 5.06. The highest BCUT2D eigenvalue weighted by atomic mass is 15.3. The van der Waals surface area contributed by atoms with E-state index >= 15 is 0 Å². The molecule has 60 valence electrons. The average Bonchev–Trinajstić information content (AvgIpc) is 2.84. The first kappa shape index (κ1) is 5.15. The minimum Gasteiger partial charge on any atom is -0.190 e. The second-order valence-corrected chi connectivity index (χ2v) is 5.06. The van der Waals surface area contributed by atoms with Gasteiger partial charge in [-0.25, -0.2) is 0 Å². The van der Waals surface area contributed by atoms with Gasteiger partial charge in [-0.2, -0.15) is 10.2 Å². The van der Waals surface area contributed by atoms with E-state index in [1.807, 2.05) is 0 Å². The molecule has 8 atom stereocenters. The monoisotopic (exact) mass is 158 g/mol.